The molecule has 1 amide bonds. The Morgan fingerprint density at radius 2 is 2.04 bits per heavy atom. The van der Waals surface area contributed by atoms with Crippen LogP contribution in [-0.4, -0.2) is 18.0 Å². The van der Waals surface area contributed by atoms with Crippen LogP contribution in [0.15, 0.2) is 54.7 Å². The molecule has 0 aliphatic rings. The van der Waals surface area contributed by atoms with E-state index in [0.29, 0.717) is 21.5 Å². The third-order valence-corrected chi connectivity index (χ3v) is 4.54. The molecule has 0 saturated heterocycles. The lowest BCUT2D eigenvalue weighted by Gasteiger charge is -2.03. The van der Waals surface area contributed by atoms with Crippen molar-refractivity contribution in [1.82, 2.24) is 4.98 Å². The summed E-state index contributed by atoms with van der Waals surface area (Å²) in [5, 5.41) is 4.10. The Hall–Kier alpha value is -2.37. The normalized spacial score (nSPS) is 10.4. The van der Waals surface area contributed by atoms with Crippen molar-refractivity contribution in [2.75, 3.05) is 12.4 Å². The molecule has 1 N–H and O–H groups in total. The van der Waals surface area contributed by atoms with Gasteiger partial charge in [0.2, 0.25) is 0 Å². The zero-order valence-electron chi connectivity index (χ0n) is 13.0. The van der Waals surface area contributed by atoms with E-state index in [1.165, 1.54) is 11.3 Å². The van der Waals surface area contributed by atoms with Gasteiger partial charge >= 0.3 is 0 Å². The molecule has 0 radical (unpaired) electrons. The molecule has 1 aromatic heterocycles. The van der Waals surface area contributed by atoms with Crippen LogP contribution in [0.1, 0.15) is 20.8 Å². The molecule has 1 heterocycles. The molecular formula is C18H15ClN2O2S. The number of thiazole rings is 1. The van der Waals surface area contributed by atoms with Gasteiger partial charge in [-0.1, -0.05) is 23.7 Å². The topological polar surface area (TPSA) is 51.2 Å². The summed E-state index contributed by atoms with van der Waals surface area (Å²) in [7, 11) is 1.59. The Labute approximate surface area is 149 Å². The summed E-state index contributed by atoms with van der Waals surface area (Å²) in [5.74, 6) is 0.519. The van der Waals surface area contributed by atoms with Gasteiger partial charge in [0.25, 0.3) is 5.91 Å². The minimum Gasteiger partial charge on any atom is -0.497 e. The molecule has 4 nitrogen and oxygen atoms in total. The van der Waals surface area contributed by atoms with Crippen LogP contribution < -0.4 is 10.1 Å². The Morgan fingerprint density at radius 1 is 1.25 bits per heavy atom. The first kappa shape index (κ1) is 16.5. The number of benzene rings is 2. The summed E-state index contributed by atoms with van der Waals surface area (Å²) in [5.41, 5.74) is 1.67. The van der Waals surface area contributed by atoms with Crippen LogP contribution in [0.5, 0.6) is 5.75 Å². The van der Waals surface area contributed by atoms with Gasteiger partial charge in [-0.15, -0.1) is 11.3 Å². The summed E-state index contributed by atoms with van der Waals surface area (Å²) in [4.78, 5) is 17.5. The van der Waals surface area contributed by atoms with Gasteiger partial charge < -0.3 is 4.74 Å². The Kier molecular flexibility index (Phi) is 5.13. The number of carbonyl (C=O) groups is 1. The van der Waals surface area contributed by atoms with E-state index in [1.54, 1.807) is 37.6 Å². The van der Waals surface area contributed by atoms with Gasteiger partial charge in [-0.25, -0.2) is 4.98 Å². The first-order valence-corrected chi connectivity index (χ1v) is 8.48. The number of nitrogens with one attached hydrogen (secondary N) is 1. The minimum absolute atomic E-state index is 0.193. The van der Waals surface area contributed by atoms with Gasteiger partial charge in [-0.3, -0.25) is 10.1 Å². The van der Waals surface area contributed by atoms with E-state index >= 15 is 0 Å². The second-order valence-electron chi connectivity index (χ2n) is 5.12. The predicted molar refractivity (Wildman–Crippen MR) is 97.3 cm³/mol. The fourth-order valence-electron chi connectivity index (χ4n) is 2.21. The maximum absolute atomic E-state index is 12.2. The van der Waals surface area contributed by atoms with E-state index in [9.17, 15) is 4.79 Å². The van der Waals surface area contributed by atoms with Crippen molar-refractivity contribution in [2.45, 2.75) is 6.42 Å². The molecule has 0 aliphatic carbocycles. The average Bonchev–Trinajstić information content (AvgIpc) is 3.02. The number of hydrogen-bond donors (Lipinski definition) is 1. The maximum Gasteiger partial charge on any atom is 0.257 e. The Balaban J connectivity index is 1.65. The third-order valence-electron chi connectivity index (χ3n) is 3.39. The number of amides is 1. The lowest BCUT2D eigenvalue weighted by atomic mass is 10.1. The van der Waals surface area contributed by atoms with Crippen molar-refractivity contribution < 1.29 is 9.53 Å². The van der Waals surface area contributed by atoms with Gasteiger partial charge in [-0.2, -0.15) is 0 Å². The number of carbonyl (C=O) groups excluding carboxylic acids is 1. The molecule has 0 spiro atoms. The van der Waals surface area contributed by atoms with Gasteiger partial charge in [-0.05, 0) is 42.0 Å². The molecule has 0 bridgehead atoms. The maximum atomic E-state index is 12.2. The predicted octanol–water partition coefficient (Wildman–Crippen LogP) is 4.65. The van der Waals surface area contributed by atoms with Crippen molar-refractivity contribution >= 4 is 34.0 Å². The highest BCUT2D eigenvalue weighted by Gasteiger charge is 2.10. The van der Waals surface area contributed by atoms with Crippen LogP contribution in [0.25, 0.3) is 0 Å². The second-order valence-corrected chi connectivity index (χ2v) is 6.67. The second kappa shape index (κ2) is 7.47. The van der Waals surface area contributed by atoms with E-state index < -0.39 is 0 Å². The highest BCUT2D eigenvalue weighted by atomic mass is 35.5. The van der Waals surface area contributed by atoms with E-state index in [1.807, 2.05) is 24.3 Å². The fourth-order valence-corrected chi connectivity index (χ4v) is 3.26. The first-order chi connectivity index (χ1) is 11.6. The van der Waals surface area contributed by atoms with E-state index in [4.69, 9.17) is 16.3 Å². The zero-order valence-corrected chi connectivity index (χ0v) is 14.5. The fraction of sp³-hybridized carbons (Fsp3) is 0.111. The van der Waals surface area contributed by atoms with Crippen LogP contribution in [-0.2, 0) is 6.42 Å². The molecule has 24 heavy (non-hydrogen) atoms. The van der Waals surface area contributed by atoms with Crippen LogP contribution >= 0.6 is 22.9 Å². The monoisotopic (exact) mass is 358 g/mol. The number of rotatable bonds is 5. The third kappa shape index (κ3) is 4.13. The summed E-state index contributed by atoms with van der Waals surface area (Å²) in [6.45, 7) is 0. The molecule has 2 aromatic carbocycles. The highest BCUT2D eigenvalue weighted by molar-refractivity contribution is 7.15. The molecular weight excluding hydrogens is 344 g/mol. The van der Waals surface area contributed by atoms with Gasteiger partial charge in [0.1, 0.15) is 5.75 Å². The summed E-state index contributed by atoms with van der Waals surface area (Å²) in [6.07, 6.45) is 2.51. The number of nitrogens with zero attached hydrogens (tertiary/aromatic N) is 1. The largest absolute Gasteiger partial charge is 0.497 e. The quantitative estimate of drug-likeness (QED) is 0.722. The van der Waals surface area contributed by atoms with Crippen molar-refractivity contribution in [3.05, 3.63) is 75.8 Å². The molecule has 3 aromatic rings. The highest BCUT2D eigenvalue weighted by Crippen LogP contribution is 2.23. The number of aromatic nitrogens is 1. The molecule has 0 saturated carbocycles. The molecule has 6 heteroatoms. The van der Waals surface area contributed by atoms with Crippen molar-refractivity contribution in [3.8, 4) is 5.75 Å². The number of anilines is 1. The molecule has 0 unspecified atom stereocenters. The van der Waals surface area contributed by atoms with Crippen LogP contribution in [0.4, 0.5) is 5.13 Å². The van der Waals surface area contributed by atoms with Crippen LogP contribution in [0.2, 0.25) is 5.02 Å². The van der Waals surface area contributed by atoms with E-state index in [2.05, 4.69) is 10.3 Å². The zero-order chi connectivity index (χ0) is 16.9. The SMILES string of the molecule is COc1ccc(C(=O)Nc2ncc(Cc3cccc(Cl)c3)s2)cc1. The van der Waals surface area contributed by atoms with Gasteiger partial charge in [0, 0.05) is 28.1 Å². The lowest BCUT2D eigenvalue weighted by Crippen LogP contribution is -2.11. The minimum atomic E-state index is -0.193. The van der Waals surface area contributed by atoms with Crippen molar-refractivity contribution in [1.29, 1.82) is 0 Å². The number of halogens is 1. The molecule has 0 aliphatic heterocycles. The average molecular weight is 359 g/mol. The number of hydrogen-bond acceptors (Lipinski definition) is 4. The van der Waals surface area contributed by atoms with Gasteiger partial charge in [0.15, 0.2) is 5.13 Å². The molecule has 0 fully saturated rings. The summed E-state index contributed by atoms with van der Waals surface area (Å²) in [6, 6.07) is 14.6. The van der Waals surface area contributed by atoms with Crippen molar-refractivity contribution in [3.63, 3.8) is 0 Å². The molecule has 0 atom stereocenters. The number of ether oxygens (including phenoxy) is 1. The Bertz CT molecular complexity index is 846. The van der Waals surface area contributed by atoms with Crippen molar-refractivity contribution in [2.24, 2.45) is 0 Å². The smallest absolute Gasteiger partial charge is 0.257 e. The Morgan fingerprint density at radius 3 is 2.75 bits per heavy atom. The van der Waals surface area contributed by atoms with E-state index in [-0.39, 0.29) is 5.91 Å². The standard InChI is InChI=1S/C18H15ClN2O2S/c1-23-15-7-5-13(6-8-15)17(22)21-18-20-11-16(24-18)10-12-3-2-4-14(19)9-12/h2-9,11H,10H2,1H3,(H,20,21,22). The first-order valence-electron chi connectivity index (χ1n) is 7.28. The van der Waals surface area contributed by atoms with Gasteiger partial charge in [0.05, 0.1) is 7.11 Å². The molecule has 122 valence electrons. The van der Waals surface area contributed by atoms with Crippen LogP contribution in [0, 0.1) is 0 Å². The molecule has 3 rings (SSSR count). The summed E-state index contributed by atoms with van der Waals surface area (Å²) >= 11 is 7.45. The van der Waals surface area contributed by atoms with E-state index in [0.717, 1.165) is 16.9 Å². The number of methoxy groups -OCH3 is 1. The lowest BCUT2D eigenvalue weighted by molar-refractivity contribution is 0.102. The van der Waals surface area contributed by atoms with Crippen LogP contribution in [0.3, 0.4) is 0 Å². The summed E-state index contributed by atoms with van der Waals surface area (Å²) < 4.78 is 5.08.